The lowest BCUT2D eigenvalue weighted by Gasteiger charge is -2.45. The first-order valence-electron chi connectivity index (χ1n) is 13.8. The van der Waals surface area contributed by atoms with Gasteiger partial charge in [-0.2, -0.15) is 0 Å². The molecule has 1 aliphatic heterocycles. The van der Waals surface area contributed by atoms with E-state index < -0.39 is 16.1 Å². The number of halogens is 1. The summed E-state index contributed by atoms with van der Waals surface area (Å²) in [6.45, 7) is 9.47. The number of nitrogens with zero attached hydrogens (tertiary/aromatic N) is 1. The molecular formula is C32H38ClN3O4S. The van der Waals surface area contributed by atoms with Crippen LogP contribution in [0.25, 0.3) is 11.1 Å². The molecule has 2 N–H and O–H groups in total. The van der Waals surface area contributed by atoms with Crippen LogP contribution in [0.2, 0.25) is 5.02 Å². The molecule has 0 aromatic heterocycles. The van der Waals surface area contributed by atoms with E-state index in [4.69, 9.17) is 11.6 Å². The summed E-state index contributed by atoms with van der Waals surface area (Å²) in [6.07, 6.45) is 1.93. The number of hydrogen-bond acceptors (Lipinski definition) is 4. The van der Waals surface area contributed by atoms with Crippen LogP contribution in [0, 0.1) is 11.3 Å². The van der Waals surface area contributed by atoms with Crippen LogP contribution in [0.5, 0.6) is 0 Å². The number of anilines is 1. The molecule has 1 aliphatic rings. The third-order valence-corrected chi connectivity index (χ3v) is 8.54. The number of likely N-dealkylation sites (tertiary alicyclic amines) is 1. The fourth-order valence-corrected chi connectivity index (χ4v) is 6.27. The molecule has 2 amide bonds. The van der Waals surface area contributed by atoms with Gasteiger partial charge in [-0.15, -0.1) is 0 Å². The molecule has 3 aromatic carbocycles. The minimum absolute atomic E-state index is 0.0684. The molecule has 0 aliphatic carbocycles. The van der Waals surface area contributed by atoms with Crippen LogP contribution in [0.4, 0.5) is 5.69 Å². The largest absolute Gasteiger partial charge is 0.340 e. The Hall–Kier alpha value is -3.36. The second kappa shape index (κ2) is 12.2. The number of sulfonamides is 1. The zero-order chi connectivity index (χ0) is 29.9. The fourth-order valence-electron chi connectivity index (χ4n) is 5.58. The van der Waals surface area contributed by atoms with Gasteiger partial charge in [-0.25, -0.2) is 8.42 Å². The highest BCUT2D eigenvalue weighted by Gasteiger charge is 2.40. The van der Waals surface area contributed by atoms with Gasteiger partial charge in [-0.3, -0.25) is 14.3 Å². The predicted molar refractivity (Wildman–Crippen MR) is 166 cm³/mol. The van der Waals surface area contributed by atoms with Crippen molar-refractivity contribution in [3.63, 3.8) is 0 Å². The van der Waals surface area contributed by atoms with Crippen LogP contribution in [0.3, 0.4) is 0 Å². The van der Waals surface area contributed by atoms with E-state index in [0.29, 0.717) is 35.3 Å². The van der Waals surface area contributed by atoms with Gasteiger partial charge >= 0.3 is 0 Å². The second-order valence-electron chi connectivity index (χ2n) is 11.9. The Kier molecular flexibility index (Phi) is 9.14. The monoisotopic (exact) mass is 595 g/mol. The average Bonchev–Trinajstić information content (AvgIpc) is 2.91. The highest BCUT2D eigenvalue weighted by atomic mass is 35.5. The average molecular weight is 596 g/mol. The first-order chi connectivity index (χ1) is 19.2. The van der Waals surface area contributed by atoms with Crippen LogP contribution in [-0.2, 0) is 14.8 Å². The van der Waals surface area contributed by atoms with Crippen LogP contribution in [0.1, 0.15) is 56.0 Å². The third-order valence-electron chi connectivity index (χ3n) is 7.68. The highest BCUT2D eigenvalue weighted by Crippen LogP contribution is 2.42. The number of nitrogens with one attached hydrogen (secondary N) is 2. The molecule has 0 unspecified atom stereocenters. The van der Waals surface area contributed by atoms with Crippen molar-refractivity contribution in [2.75, 3.05) is 24.1 Å². The lowest BCUT2D eigenvalue weighted by Crippen LogP contribution is -2.55. The molecule has 0 radical (unpaired) electrons. The molecular weight excluding hydrogens is 558 g/mol. The van der Waals surface area contributed by atoms with E-state index in [0.717, 1.165) is 23.8 Å². The molecule has 218 valence electrons. The van der Waals surface area contributed by atoms with E-state index in [9.17, 15) is 18.0 Å². The Morgan fingerprint density at radius 1 is 0.976 bits per heavy atom. The molecule has 0 spiro atoms. The SMILES string of the molecule is CC(C)[C@@H](NC(=O)c1cccc(-c2ccc(NS(C)(=O)=O)cc2)c1)C(=O)N1CC[C@H](c2ccc(Cl)cc2)C(C)(C)C1. The molecule has 1 heterocycles. The van der Waals surface area contributed by atoms with Crippen molar-refractivity contribution >= 4 is 39.1 Å². The van der Waals surface area contributed by atoms with Crippen molar-refractivity contribution in [1.29, 1.82) is 0 Å². The summed E-state index contributed by atoms with van der Waals surface area (Å²) in [6, 6.07) is 21.4. The van der Waals surface area contributed by atoms with Gasteiger partial charge in [0.1, 0.15) is 6.04 Å². The second-order valence-corrected chi connectivity index (χ2v) is 14.1. The Morgan fingerprint density at radius 3 is 2.22 bits per heavy atom. The zero-order valence-electron chi connectivity index (χ0n) is 24.1. The van der Waals surface area contributed by atoms with Crippen molar-refractivity contribution in [3.8, 4) is 11.1 Å². The molecule has 3 aromatic rings. The standard InChI is InChI=1S/C32H38ClN3O4S/c1-21(2)29(31(38)36-18-17-28(32(3,4)20-36)23-9-13-26(33)14-10-23)34-30(37)25-8-6-7-24(19-25)22-11-15-27(16-12-22)35-41(5,39)40/h6-16,19,21,28-29,35H,17-18,20H2,1-5H3,(H,34,37)/t28-,29-/m1/s1. The van der Waals surface area contributed by atoms with Gasteiger partial charge in [-0.05, 0) is 76.8 Å². The molecule has 0 saturated carbocycles. The fraction of sp³-hybridized carbons (Fsp3) is 0.375. The molecule has 9 heteroatoms. The van der Waals surface area contributed by atoms with Crippen LogP contribution >= 0.6 is 11.6 Å². The van der Waals surface area contributed by atoms with Gasteiger partial charge in [0.15, 0.2) is 0 Å². The van der Waals surface area contributed by atoms with Crippen molar-refractivity contribution < 1.29 is 18.0 Å². The number of hydrogen-bond donors (Lipinski definition) is 2. The predicted octanol–water partition coefficient (Wildman–Crippen LogP) is 6.18. The molecule has 2 atom stereocenters. The van der Waals surface area contributed by atoms with Gasteiger partial charge in [0.25, 0.3) is 5.91 Å². The summed E-state index contributed by atoms with van der Waals surface area (Å²) in [7, 11) is -3.37. The van der Waals surface area contributed by atoms with E-state index in [1.807, 2.05) is 36.9 Å². The molecule has 41 heavy (non-hydrogen) atoms. The van der Waals surface area contributed by atoms with Crippen LogP contribution in [-0.4, -0.2) is 50.5 Å². The molecule has 1 fully saturated rings. The van der Waals surface area contributed by atoms with E-state index in [1.54, 1.807) is 42.5 Å². The smallest absolute Gasteiger partial charge is 0.251 e. The van der Waals surface area contributed by atoms with E-state index in [1.165, 1.54) is 5.56 Å². The summed E-state index contributed by atoms with van der Waals surface area (Å²) in [5, 5.41) is 3.71. The Bertz CT molecular complexity index is 1500. The number of piperidine rings is 1. The van der Waals surface area contributed by atoms with Crippen molar-refractivity contribution in [2.45, 2.75) is 46.1 Å². The first kappa shape index (κ1) is 30.6. The van der Waals surface area contributed by atoms with Gasteiger partial charge in [0.05, 0.1) is 6.26 Å². The lowest BCUT2D eigenvalue weighted by molar-refractivity contribution is -0.137. The third kappa shape index (κ3) is 7.68. The van der Waals surface area contributed by atoms with E-state index >= 15 is 0 Å². The minimum atomic E-state index is -3.37. The number of amides is 2. The number of carbonyl (C=O) groups excluding carboxylic acids is 2. The highest BCUT2D eigenvalue weighted by molar-refractivity contribution is 7.92. The van der Waals surface area contributed by atoms with Crippen molar-refractivity contribution in [2.24, 2.45) is 11.3 Å². The van der Waals surface area contributed by atoms with Crippen LogP contribution in [0.15, 0.2) is 72.8 Å². The zero-order valence-corrected chi connectivity index (χ0v) is 25.7. The molecule has 1 saturated heterocycles. The first-order valence-corrected chi connectivity index (χ1v) is 16.0. The van der Waals surface area contributed by atoms with Gasteiger partial charge in [0, 0.05) is 29.4 Å². The topological polar surface area (TPSA) is 95.6 Å². The van der Waals surface area contributed by atoms with Gasteiger partial charge in [0.2, 0.25) is 15.9 Å². The summed E-state index contributed by atoms with van der Waals surface area (Å²) in [5.74, 6) is -0.179. The maximum atomic E-state index is 13.7. The van der Waals surface area contributed by atoms with Gasteiger partial charge in [-0.1, -0.05) is 75.7 Å². The molecule has 0 bridgehead atoms. The quantitative estimate of drug-likeness (QED) is 0.325. The van der Waals surface area contributed by atoms with Crippen molar-refractivity contribution in [3.05, 3.63) is 88.9 Å². The molecule has 7 nitrogen and oxygen atoms in total. The Morgan fingerprint density at radius 2 is 1.63 bits per heavy atom. The maximum Gasteiger partial charge on any atom is 0.251 e. The summed E-state index contributed by atoms with van der Waals surface area (Å²) >= 11 is 6.09. The normalized spacial score (nSPS) is 17.6. The summed E-state index contributed by atoms with van der Waals surface area (Å²) in [4.78, 5) is 29.0. The lowest BCUT2D eigenvalue weighted by atomic mass is 9.70. The number of rotatable bonds is 8. The Labute approximate surface area is 248 Å². The minimum Gasteiger partial charge on any atom is -0.340 e. The summed E-state index contributed by atoms with van der Waals surface area (Å²) < 4.78 is 25.4. The number of carbonyl (C=O) groups is 2. The van der Waals surface area contributed by atoms with E-state index in [-0.39, 0.29) is 23.1 Å². The van der Waals surface area contributed by atoms with Crippen LogP contribution < -0.4 is 10.0 Å². The van der Waals surface area contributed by atoms with Crippen molar-refractivity contribution in [1.82, 2.24) is 10.2 Å². The Balaban J connectivity index is 1.46. The van der Waals surface area contributed by atoms with E-state index in [2.05, 4.69) is 36.0 Å². The maximum absolute atomic E-state index is 13.7. The summed E-state index contributed by atoms with van der Waals surface area (Å²) in [5.41, 5.74) is 3.63. The number of benzene rings is 3. The molecule has 4 rings (SSSR count). The van der Waals surface area contributed by atoms with Gasteiger partial charge < -0.3 is 10.2 Å².